The lowest BCUT2D eigenvalue weighted by molar-refractivity contribution is 0.427. The van der Waals surface area contributed by atoms with Crippen LogP contribution in [0.3, 0.4) is 0 Å². The number of rotatable bonds is 4. The number of nitrogens with zero attached hydrogens (tertiary/aromatic N) is 1. The molecule has 0 aromatic carbocycles. The van der Waals surface area contributed by atoms with Gasteiger partial charge in [-0.15, -0.1) is 0 Å². The third-order valence-corrected chi connectivity index (χ3v) is 4.49. The van der Waals surface area contributed by atoms with Crippen molar-refractivity contribution in [3.63, 3.8) is 0 Å². The maximum atomic E-state index is 5.73. The van der Waals surface area contributed by atoms with Crippen molar-refractivity contribution in [1.82, 2.24) is 4.98 Å². The fraction of sp³-hybridized carbons (Fsp3) is 0.750. The molecule has 4 heteroatoms. The monoisotopic (exact) mass is 240 g/mol. The maximum Gasteiger partial charge on any atom is 0.195 e. The van der Waals surface area contributed by atoms with Gasteiger partial charge in [0.15, 0.2) is 5.89 Å². The summed E-state index contributed by atoms with van der Waals surface area (Å²) in [6.45, 7) is 2.69. The average Bonchev–Trinajstić information content (AvgIpc) is 2.78. The molecule has 0 bridgehead atoms. The molecule has 0 radical (unpaired) electrons. The zero-order valence-electron chi connectivity index (χ0n) is 9.82. The highest BCUT2D eigenvalue weighted by atomic mass is 32.2. The van der Waals surface area contributed by atoms with Crippen molar-refractivity contribution < 1.29 is 4.42 Å². The summed E-state index contributed by atoms with van der Waals surface area (Å²) in [6.07, 6.45) is 6.82. The van der Waals surface area contributed by atoms with Gasteiger partial charge in [-0.1, -0.05) is 13.3 Å². The Hall–Kier alpha value is -0.480. The smallest absolute Gasteiger partial charge is 0.195 e. The first kappa shape index (κ1) is 12.0. The molecule has 2 heterocycles. The van der Waals surface area contributed by atoms with Crippen LogP contribution in [0.1, 0.15) is 43.8 Å². The molecule has 1 fully saturated rings. The van der Waals surface area contributed by atoms with E-state index < -0.39 is 0 Å². The molecular formula is C12H20N2OS. The molecule has 2 unspecified atom stereocenters. The molecule has 1 aliphatic heterocycles. The Kier molecular flexibility index (Phi) is 4.29. The van der Waals surface area contributed by atoms with Gasteiger partial charge in [-0.05, 0) is 18.6 Å². The van der Waals surface area contributed by atoms with E-state index >= 15 is 0 Å². The quantitative estimate of drug-likeness (QED) is 0.878. The van der Waals surface area contributed by atoms with Crippen LogP contribution in [0, 0.1) is 0 Å². The summed E-state index contributed by atoms with van der Waals surface area (Å²) in [7, 11) is 0. The summed E-state index contributed by atoms with van der Waals surface area (Å²) in [6, 6.07) is 0. The molecule has 0 amide bonds. The molecule has 3 nitrogen and oxygen atoms in total. The van der Waals surface area contributed by atoms with Crippen molar-refractivity contribution in [2.24, 2.45) is 5.73 Å². The summed E-state index contributed by atoms with van der Waals surface area (Å²) >= 11 is 2.06. The van der Waals surface area contributed by atoms with Crippen LogP contribution in [0.4, 0.5) is 0 Å². The third kappa shape index (κ3) is 3.01. The molecule has 2 rings (SSSR count). The lowest BCUT2D eigenvalue weighted by atomic mass is 10.1. The van der Waals surface area contributed by atoms with Gasteiger partial charge in [-0.2, -0.15) is 11.8 Å². The van der Waals surface area contributed by atoms with Gasteiger partial charge in [0.1, 0.15) is 5.76 Å². The van der Waals surface area contributed by atoms with Crippen LogP contribution in [0.25, 0.3) is 0 Å². The van der Waals surface area contributed by atoms with E-state index in [9.17, 15) is 0 Å². The highest BCUT2D eigenvalue weighted by molar-refractivity contribution is 7.99. The average molecular weight is 240 g/mol. The highest BCUT2D eigenvalue weighted by Gasteiger charge is 2.18. The van der Waals surface area contributed by atoms with Crippen molar-refractivity contribution >= 4 is 11.8 Å². The summed E-state index contributed by atoms with van der Waals surface area (Å²) < 4.78 is 5.73. The molecule has 2 N–H and O–H groups in total. The molecule has 1 aromatic rings. The number of nitrogens with two attached hydrogens (primary N) is 1. The van der Waals surface area contributed by atoms with Gasteiger partial charge in [0.2, 0.25) is 0 Å². The van der Waals surface area contributed by atoms with Gasteiger partial charge >= 0.3 is 0 Å². The Balaban J connectivity index is 1.91. The minimum absolute atomic E-state index is 0.278. The molecular weight excluding hydrogens is 220 g/mol. The van der Waals surface area contributed by atoms with E-state index in [0.29, 0.717) is 11.8 Å². The van der Waals surface area contributed by atoms with E-state index in [1.807, 2.05) is 6.20 Å². The lowest BCUT2D eigenvalue weighted by Crippen LogP contribution is -2.12. The van der Waals surface area contributed by atoms with Crippen LogP contribution in [0.5, 0.6) is 0 Å². The van der Waals surface area contributed by atoms with Crippen LogP contribution in [0.15, 0.2) is 10.6 Å². The second-order valence-electron chi connectivity index (χ2n) is 4.49. The van der Waals surface area contributed by atoms with Crippen LogP contribution in [-0.4, -0.2) is 22.5 Å². The van der Waals surface area contributed by atoms with Crippen molar-refractivity contribution in [2.75, 3.05) is 12.3 Å². The topological polar surface area (TPSA) is 52.0 Å². The summed E-state index contributed by atoms with van der Waals surface area (Å²) in [5.41, 5.74) is 5.61. The number of oxazole rings is 1. The number of hydrogen-bond donors (Lipinski definition) is 1. The summed E-state index contributed by atoms with van der Waals surface area (Å²) in [5.74, 6) is 3.38. The molecule has 0 saturated carbocycles. The normalized spacial score (nSPS) is 23.2. The minimum Gasteiger partial charge on any atom is -0.445 e. The molecule has 1 aliphatic rings. The summed E-state index contributed by atoms with van der Waals surface area (Å²) in [4.78, 5) is 4.34. The Labute approximate surface area is 101 Å². The largest absolute Gasteiger partial charge is 0.445 e. The number of aromatic nitrogens is 1. The standard InChI is InChI=1S/C12H20N2OS/c1-9(7-13)11-8-14-12(15-11)6-10-4-2-3-5-16-10/h8-10H,2-7,13H2,1H3. The zero-order chi connectivity index (χ0) is 11.4. The molecule has 1 aromatic heterocycles. The van der Waals surface area contributed by atoms with E-state index in [2.05, 4.69) is 23.7 Å². The molecule has 2 atom stereocenters. The molecule has 16 heavy (non-hydrogen) atoms. The predicted octanol–water partition coefficient (Wildman–Crippen LogP) is 2.57. The fourth-order valence-electron chi connectivity index (χ4n) is 1.93. The SMILES string of the molecule is CC(CN)c1cnc(CC2CCCCS2)o1. The number of hydrogen-bond acceptors (Lipinski definition) is 4. The van der Waals surface area contributed by atoms with Crippen molar-refractivity contribution in [1.29, 1.82) is 0 Å². The zero-order valence-corrected chi connectivity index (χ0v) is 10.6. The van der Waals surface area contributed by atoms with Gasteiger partial charge in [-0.25, -0.2) is 4.98 Å². The molecule has 1 saturated heterocycles. The maximum absolute atomic E-state index is 5.73. The van der Waals surface area contributed by atoms with Gasteiger partial charge in [-0.3, -0.25) is 0 Å². The number of thioether (sulfide) groups is 1. The molecule has 0 spiro atoms. The highest BCUT2D eigenvalue weighted by Crippen LogP contribution is 2.28. The van der Waals surface area contributed by atoms with E-state index in [1.54, 1.807) is 0 Å². The second kappa shape index (κ2) is 5.73. The molecule has 0 aliphatic carbocycles. The van der Waals surface area contributed by atoms with E-state index in [4.69, 9.17) is 10.2 Å². The van der Waals surface area contributed by atoms with Crippen LogP contribution < -0.4 is 5.73 Å². The van der Waals surface area contributed by atoms with E-state index in [0.717, 1.165) is 18.1 Å². The van der Waals surface area contributed by atoms with Gasteiger partial charge in [0.05, 0.1) is 6.20 Å². The van der Waals surface area contributed by atoms with E-state index in [1.165, 1.54) is 25.0 Å². The third-order valence-electron chi connectivity index (χ3n) is 3.09. The van der Waals surface area contributed by atoms with Crippen LogP contribution in [0.2, 0.25) is 0 Å². The first-order valence-corrected chi connectivity index (χ1v) is 7.10. The van der Waals surface area contributed by atoms with Crippen molar-refractivity contribution in [3.8, 4) is 0 Å². The predicted molar refractivity (Wildman–Crippen MR) is 67.8 cm³/mol. The Morgan fingerprint density at radius 3 is 3.19 bits per heavy atom. The van der Waals surface area contributed by atoms with Crippen molar-refractivity contribution in [3.05, 3.63) is 17.8 Å². The fourth-order valence-corrected chi connectivity index (χ4v) is 3.22. The Morgan fingerprint density at radius 1 is 1.62 bits per heavy atom. The molecule has 90 valence electrons. The summed E-state index contributed by atoms with van der Waals surface area (Å²) in [5, 5.41) is 0.702. The van der Waals surface area contributed by atoms with Crippen LogP contribution in [-0.2, 0) is 6.42 Å². The van der Waals surface area contributed by atoms with Crippen molar-refractivity contribution in [2.45, 2.75) is 43.8 Å². The van der Waals surface area contributed by atoms with Crippen LogP contribution >= 0.6 is 11.8 Å². The Morgan fingerprint density at radius 2 is 2.50 bits per heavy atom. The van der Waals surface area contributed by atoms with E-state index in [-0.39, 0.29) is 5.92 Å². The minimum atomic E-state index is 0.278. The van der Waals surface area contributed by atoms with Gasteiger partial charge in [0, 0.05) is 24.1 Å². The second-order valence-corrected chi connectivity index (χ2v) is 5.89. The first-order valence-electron chi connectivity index (χ1n) is 6.06. The Bertz CT molecular complexity index is 321. The lowest BCUT2D eigenvalue weighted by Gasteiger charge is -2.19. The van der Waals surface area contributed by atoms with Gasteiger partial charge in [0.25, 0.3) is 0 Å². The first-order chi connectivity index (χ1) is 7.79. The van der Waals surface area contributed by atoms with Gasteiger partial charge < -0.3 is 10.2 Å².